The highest BCUT2D eigenvalue weighted by molar-refractivity contribution is 6.30. The summed E-state index contributed by atoms with van der Waals surface area (Å²) < 4.78 is 27.1. The van der Waals surface area contributed by atoms with Crippen LogP contribution in [-0.4, -0.2) is 37.3 Å². The second-order valence-electron chi connectivity index (χ2n) is 7.48. The molecule has 4 aromatic rings. The fourth-order valence-electron chi connectivity index (χ4n) is 3.55. The highest BCUT2D eigenvalue weighted by atomic mass is 35.5. The van der Waals surface area contributed by atoms with Crippen molar-refractivity contribution in [1.82, 2.24) is 18.7 Å². The van der Waals surface area contributed by atoms with Crippen LogP contribution in [0.3, 0.4) is 0 Å². The maximum Gasteiger partial charge on any atom is 0.332 e. The van der Waals surface area contributed by atoms with E-state index in [1.807, 2.05) is 12.1 Å². The Morgan fingerprint density at radius 2 is 1.71 bits per heavy atom. The van der Waals surface area contributed by atoms with Crippen LogP contribution in [0, 0.1) is 0 Å². The predicted octanol–water partition coefficient (Wildman–Crippen LogP) is 3.08. The molecule has 0 aliphatic carbocycles. The third kappa shape index (κ3) is 4.68. The van der Waals surface area contributed by atoms with Crippen molar-refractivity contribution in [2.45, 2.75) is 19.5 Å². The van der Waals surface area contributed by atoms with Gasteiger partial charge in [0.25, 0.3) is 5.56 Å². The van der Waals surface area contributed by atoms with E-state index in [0.29, 0.717) is 16.5 Å². The van der Waals surface area contributed by atoms with E-state index in [1.54, 1.807) is 41.0 Å². The zero-order chi connectivity index (χ0) is 24.2. The van der Waals surface area contributed by atoms with Crippen LogP contribution in [-0.2, 0) is 20.1 Å². The first-order chi connectivity index (χ1) is 16.4. The van der Waals surface area contributed by atoms with E-state index in [-0.39, 0.29) is 43.3 Å². The molecular weight excluding hydrogens is 467 g/mol. The molecular formula is C23H22ClFN4O5. The van der Waals surface area contributed by atoms with E-state index in [0.717, 1.165) is 10.1 Å². The van der Waals surface area contributed by atoms with Crippen LogP contribution in [0.2, 0.25) is 5.02 Å². The molecule has 11 heteroatoms. The number of imidazole rings is 1. The van der Waals surface area contributed by atoms with Gasteiger partial charge in [0, 0.05) is 25.2 Å². The lowest BCUT2D eigenvalue weighted by Crippen LogP contribution is -2.39. The summed E-state index contributed by atoms with van der Waals surface area (Å²) in [6.45, 7) is -0.822. The molecule has 4 rings (SSSR count). The maximum absolute atomic E-state index is 13.3. The minimum atomic E-state index is -0.951. The zero-order valence-electron chi connectivity index (χ0n) is 18.3. The molecule has 1 N–H and O–H groups in total. The van der Waals surface area contributed by atoms with Crippen molar-refractivity contribution in [3.8, 4) is 17.5 Å². The molecule has 0 spiro atoms. The number of hydrogen-bond donors (Lipinski definition) is 1. The van der Waals surface area contributed by atoms with Crippen molar-refractivity contribution in [3.63, 3.8) is 0 Å². The molecule has 0 saturated heterocycles. The topological polar surface area (TPSA) is 101 Å². The molecule has 34 heavy (non-hydrogen) atoms. The smallest absolute Gasteiger partial charge is 0.332 e. The van der Waals surface area contributed by atoms with Gasteiger partial charge in [0.15, 0.2) is 11.2 Å². The van der Waals surface area contributed by atoms with Gasteiger partial charge in [-0.3, -0.25) is 18.5 Å². The summed E-state index contributed by atoms with van der Waals surface area (Å²) in [5.41, 5.74) is 0.102. The van der Waals surface area contributed by atoms with Crippen LogP contribution in [0.4, 0.5) is 4.39 Å². The Bertz CT molecular complexity index is 1410. The van der Waals surface area contributed by atoms with Crippen LogP contribution >= 0.6 is 11.6 Å². The summed E-state index contributed by atoms with van der Waals surface area (Å²) in [4.78, 5) is 30.6. The third-order valence-electron chi connectivity index (χ3n) is 5.25. The number of fused-ring (bicyclic) bond motifs is 1. The average Bonchev–Trinajstić information content (AvgIpc) is 3.18. The average molecular weight is 489 g/mol. The van der Waals surface area contributed by atoms with Gasteiger partial charge in [0.1, 0.15) is 11.5 Å². The summed E-state index contributed by atoms with van der Waals surface area (Å²) >= 11 is 6.01. The Balaban J connectivity index is 1.86. The van der Waals surface area contributed by atoms with Gasteiger partial charge in [0.2, 0.25) is 6.86 Å². The highest BCUT2D eigenvalue weighted by Crippen LogP contribution is 2.27. The summed E-state index contributed by atoms with van der Waals surface area (Å²) in [6, 6.07) is 13.4. The molecule has 0 atom stereocenters. The van der Waals surface area contributed by atoms with Crippen molar-refractivity contribution in [3.05, 3.63) is 80.0 Å². The zero-order valence-corrected chi connectivity index (χ0v) is 19.0. The summed E-state index contributed by atoms with van der Waals surface area (Å²) in [6.07, 6.45) is 0.253. The van der Waals surface area contributed by atoms with E-state index < -0.39 is 18.1 Å². The minimum absolute atomic E-state index is 0.0658. The third-order valence-corrected chi connectivity index (χ3v) is 5.50. The van der Waals surface area contributed by atoms with Gasteiger partial charge < -0.3 is 14.6 Å². The molecule has 0 bridgehead atoms. The largest absolute Gasteiger partial charge is 0.463 e. The molecule has 0 aliphatic rings. The molecule has 0 aliphatic heterocycles. The number of hydrogen-bond acceptors (Lipinski definition) is 6. The van der Waals surface area contributed by atoms with Gasteiger partial charge in [-0.1, -0.05) is 23.7 Å². The fraction of sp³-hybridized carbons (Fsp3) is 0.261. The van der Waals surface area contributed by atoms with Crippen LogP contribution < -0.4 is 20.7 Å². The number of rotatable bonds is 9. The second kappa shape index (κ2) is 10.1. The quantitative estimate of drug-likeness (QED) is 0.388. The second-order valence-corrected chi connectivity index (χ2v) is 7.92. The van der Waals surface area contributed by atoms with Crippen LogP contribution in [0.25, 0.3) is 11.2 Å². The van der Waals surface area contributed by atoms with Crippen molar-refractivity contribution in [1.29, 1.82) is 0 Å². The lowest BCUT2D eigenvalue weighted by Gasteiger charge is -2.11. The van der Waals surface area contributed by atoms with Gasteiger partial charge >= 0.3 is 11.7 Å². The molecule has 2 aromatic heterocycles. The lowest BCUT2D eigenvalue weighted by molar-refractivity contribution is 0.191. The fourth-order valence-corrected chi connectivity index (χ4v) is 3.67. The van der Waals surface area contributed by atoms with Crippen LogP contribution in [0.15, 0.2) is 58.1 Å². The van der Waals surface area contributed by atoms with E-state index in [9.17, 15) is 19.1 Å². The standard InChI is InChI=1S/C23H22ClFN4O5/c1-27-20-19(21(31)28(23(27)32)11-2-12-30)29(13-15-3-5-16(24)6-4-15)22(26-20)34-18-9-7-17(8-10-18)33-14-25/h3-10,30H,2,11-14H2,1H3. The summed E-state index contributed by atoms with van der Waals surface area (Å²) in [5, 5.41) is 9.75. The highest BCUT2D eigenvalue weighted by Gasteiger charge is 2.22. The number of aliphatic hydroxyl groups is 1. The van der Waals surface area contributed by atoms with E-state index >= 15 is 0 Å². The normalized spacial score (nSPS) is 11.2. The molecule has 178 valence electrons. The van der Waals surface area contributed by atoms with Gasteiger partial charge in [-0.2, -0.15) is 4.98 Å². The Labute approximate surface area is 198 Å². The SMILES string of the molecule is Cn1c(=O)n(CCCO)c(=O)c2c1nc(Oc1ccc(OCF)cc1)n2Cc1ccc(Cl)cc1. The number of benzene rings is 2. The predicted molar refractivity (Wildman–Crippen MR) is 125 cm³/mol. The van der Waals surface area contributed by atoms with E-state index in [1.165, 1.54) is 11.6 Å². The first-order valence-electron chi connectivity index (χ1n) is 10.4. The van der Waals surface area contributed by atoms with Gasteiger partial charge in [-0.15, -0.1) is 0 Å². The molecule has 9 nitrogen and oxygen atoms in total. The first kappa shape index (κ1) is 23.5. The van der Waals surface area contributed by atoms with Gasteiger partial charge in [-0.25, -0.2) is 9.18 Å². The van der Waals surface area contributed by atoms with Crippen LogP contribution in [0.5, 0.6) is 17.5 Å². The molecule has 0 fully saturated rings. The Morgan fingerprint density at radius 1 is 1.03 bits per heavy atom. The number of aromatic nitrogens is 4. The number of aliphatic hydroxyl groups excluding tert-OH is 1. The van der Waals surface area contributed by atoms with E-state index in [4.69, 9.17) is 21.1 Å². The van der Waals surface area contributed by atoms with Crippen LogP contribution in [0.1, 0.15) is 12.0 Å². The number of aryl methyl sites for hydroxylation is 1. The number of nitrogens with zero attached hydrogens (tertiary/aromatic N) is 4. The van der Waals surface area contributed by atoms with Crippen molar-refractivity contribution in [2.75, 3.05) is 13.5 Å². The molecule has 2 heterocycles. The van der Waals surface area contributed by atoms with Gasteiger partial charge in [0.05, 0.1) is 6.54 Å². The molecule has 2 aromatic carbocycles. The molecule has 0 saturated carbocycles. The first-order valence-corrected chi connectivity index (χ1v) is 10.8. The van der Waals surface area contributed by atoms with E-state index in [2.05, 4.69) is 4.98 Å². The van der Waals surface area contributed by atoms with Gasteiger partial charge in [-0.05, 0) is 48.4 Å². The Morgan fingerprint density at radius 3 is 2.35 bits per heavy atom. The number of halogens is 2. The van der Waals surface area contributed by atoms with Crippen molar-refractivity contribution < 1.29 is 19.0 Å². The molecule has 0 amide bonds. The number of ether oxygens (including phenoxy) is 2. The Kier molecular flexibility index (Phi) is 6.99. The number of alkyl halides is 1. The lowest BCUT2D eigenvalue weighted by atomic mass is 10.2. The van der Waals surface area contributed by atoms with Crippen molar-refractivity contribution >= 4 is 22.8 Å². The Hall–Kier alpha value is -3.63. The minimum Gasteiger partial charge on any atom is -0.463 e. The molecule has 0 unspecified atom stereocenters. The maximum atomic E-state index is 13.3. The summed E-state index contributed by atoms with van der Waals surface area (Å²) in [5.74, 6) is 0.711. The van der Waals surface area contributed by atoms with Crippen molar-refractivity contribution in [2.24, 2.45) is 7.05 Å². The molecule has 0 radical (unpaired) electrons. The summed E-state index contributed by atoms with van der Waals surface area (Å²) in [7, 11) is 1.52. The monoisotopic (exact) mass is 488 g/mol.